The van der Waals surface area contributed by atoms with Crippen molar-refractivity contribution in [2.75, 3.05) is 0 Å². The maximum absolute atomic E-state index is 13.0. The fraction of sp³-hybridized carbons (Fsp3) is 0.783. The molecule has 8 unspecified atom stereocenters. The SMILES string of the molecule is CC/C=C\C/C=C\C/C=C\C/C=C\C/C=C\C/C=C\CCCCCCCCCCCCCCCCCCCCCCC(=O)OC1CCC2(C)C(=CCC3C2CCC2(C)C(C(C)CCCC(C)C)CCC32)C1. The highest BCUT2D eigenvalue weighted by atomic mass is 16.5. The van der Waals surface area contributed by atoms with E-state index in [4.69, 9.17) is 4.74 Å². The number of unbranched alkanes of at least 4 members (excludes halogenated alkanes) is 20. The molecule has 0 spiro atoms. The third-order valence-electron chi connectivity index (χ3n) is 18.7. The molecule has 0 aromatic heterocycles. The lowest BCUT2D eigenvalue weighted by atomic mass is 9.47. The summed E-state index contributed by atoms with van der Waals surface area (Å²) in [5, 5.41) is 0. The molecule has 8 atom stereocenters. The van der Waals surface area contributed by atoms with E-state index in [1.165, 1.54) is 186 Å². The average molecular weight is 978 g/mol. The molecule has 4 aliphatic carbocycles. The Balaban J connectivity index is 0.866. The van der Waals surface area contributed by atoms with E-state index in [0.29, 0.717) is 17.3 Å². The minimum atomic E-state index is 0.0653. The van der Waals surface area contributed by atoms with Crippen LogP contribution in [0.1, 0.15) is 292 Å². The van der Waals surface area contributed by atoms with E-state index in [-0.39, 0.29) is 12.1 Å². The lowest BCUT2D eigenvalue weighted by molar-refractivity contribution is -0.151. The highest BCUT2D eigenvalue weighted by Gasteiger charge is 2.59. The number of rotatable bonds is 40. The highest BCUT2D eigenvalue weighted by Crippen LogP contribution is 2.67. The zero-order valence-corrected chi connectivity index (χ0v) is 47.9. The predicted molar refractivity (Wildman–Crippen MR) is 313 cm³/mol. The second kappa shape index (κ2) is 37.4. The number of fused-ring (bicyclic) bond motifs is 5. The first kappa shape index (κ1) is 61.2. The smallest absolute Gasteiger partial charge is 0.306 e. The van der Waals surface area contributed by atoms with Gasteiger partial charge in [-0.1, -0.05) is 261 Å². The molecule has 0 bridgehead atoms. The average Bonchev–Trinajstić information content (AvgIpc) is 3.72. The first-order valence-corrected chi connectivity index (χ1v) is 31.5. The summed E-state index contributed by atoms with van der Waals surface area (Å²) in [5.41, 5.74) is 2.52. The summed E-state index contributed by atoms with van der Waals surface area (Å²) in [6.07, 6.45) is 80.3. The molecule has 0 aromatic rings. The van der Waals surface area contributed by atoms with Gasteiger partial charge in [0.2, 0.25) is 0 Å². The Morgan fingerprint density at radius 1 is 0.549 bits per heavy atom. The van der Waals surface area contributed by atoms with Gasteiger partial charge in [-0.2, -0.15) is 0 Å². The van der Waals surface area contributed by atoms with E-state index < -0.39 is 0 Å². The van der Waals surface area contributed by atoms with Crippen LogP contribution in [0.4, 0.5) is 0 Å². The maximum Gasteiger partial charge on any atom is 0.306 e. The molecule has 2 nitrogen and oxygen atoms in total. The minimum absolute atomic E-state index is 0.0653. The van der Waals surface area contributed by atoms with E-state index in [2.05, 4.69) is 121 Å². The van der Waals surface area contributed by atoms with Crippen LogP contribution in [0.2, 0.25) is 0 Å². The Morgan fingerprint density at radius 2 is 1.03 bits per heavy atom. The van der Waals surface area contributed by atoms with Crippen LogP contribution in [0.25, 0.3) is 0 Å². The topological polar surface area (TPSA) is 26.3 Å². The van der Waals surface area contributed by atoms with Gasteiger partial charge in [0.25, 0.3) is 0 Å². The Bertz CT molecular complexity index is 1580. The van der Waals surface area contributed by atoms with Crippen molar-refractivity contribution >= 4 is 5.97 Å². The quantitative estimate of drug-likeness (QED) is 0.0347. The standard InChI is InChI=1S/C69H116O2/c1-7-8-9-10-11-12-13-14-15-16-17-18-19-20-21-22-23-24-25-26-27-28-29-30-31-32-33-34-35-36-37-38-39-40-41-42-43-44-45-49-67(70)71-62-54-56-68(5)61(58-62)50-51-63-65-53-52-64(60(4)48-46-47-59(2)3)69(65,6)57-55-66(63)68/h8-9,11-12,14-15,17-18,20-21,23-24,50,59-60,62-66H,7,10,13,16,19,22,25-49,51-58H2,1-6H3/b9-8-,12-11-,15-14-,18-17-,21-20-,24-23-. The third kappa shape index (κ3) is 23.8. The highest BCUT2D eigenvalue weighted by molar-refractivity contribution is 5.69. The number of carbonyl (C=O) groups excluding carboxylic acids is 1. The van der Waals surface area contributed by atoms with Gasteiger partial charge in [0.15, 0.2) is 0 Å². The molecule has 2 heteroatoms. The van der Waals surface area contributed by atoms with Gasteiger partial charge in [-0.25, -0.2) is 0 Å². The van der Waals surface area contributed by atoms with E-state index >= 15 is 0 Å². The van der Waals surface area contributed by atoms with Crippen LogP contribution in [-0.4, -0.2) is 12.1 Å². The second-order valence-corrected chi connectivity index (χ2v) is 24.7. The van der Waals surface area contributed by atoms with Gasteiger partial charge in [0.1, 0.15) is 6.10 Å². The number of hydrogen-bond acceptors (Lipinski definition) is 2. The van der Waals surface area contributed by atoms with Crippen LogP contribution >= 0.6 is 0 Å². The van der Waals surface area contributed by atoms with Gasteiger partial charge < -0.3 is 4.74 Å². The zero-order valence-electron chi connectivity index (χ0n) is 47.9. The van der Waals surface area contributed by atoms with Crippen molar-refractivity contribution in [2.45, 2.75) is 298 Å². The van der Waals surface area contributed by atoms with E-state index in [9.17, 15) is 4.79 Å². The second-order valence-electron chi connectivity index (χ2n) is 24.7. The fourth-order valence-electron chi connectivity index (χ4n) is 14.4. The van der Waals surface area contributed by atoms with E-state index in [1.807, 2.05) is 0 Å². The molecule has 0 radical (unpaired) electrons. The van der Waals surface area contributed by atoms with Crippen molar-refractivity contribution in [1.82, 2.24) is 0 Å². The van der Waals surface area contributed by atoms with Crippen molar-refractivity contribution in [3.8, 4) is 0 Å². The van der Waals surface area contributed by atoms with Gasteiger partial charge in [-0.05, 0) is 149 Å². The molecule has 3 fully saturated rings. The Hall–Kier alpha value is -2.35. The number of esters is 1. The lowest BCUT2D eigenvalue weighted by Crippen LogP contribution is -2.51. The van der Waals surface area contributed by atoms with Gasteiger partial charge in [-0.3, -0.25) is 4.79 Å². The normalized spacial score (nSPS) is 26.2. The van der Waals surface area contributed by atoms with E-state index in [1.54, 1.807) is 5.57 Å². The molecule has 4 aliphatic rings. The molecule has 0 aliphatic heterocycles. The molecule has 4 rings (SSSR count). The molecule has 0 aromatic carbocycles. The lowest BCUT2D eigenvalue weighted by Gasteiger charge is -2.58. The minimum Gasteiger partial charge on any atom is -0.462 e. The van der Waals surface area contributed by atoms with Gasteiger partial charge in [-0.15, -0.1) is 0 Å². The van der Waals surface area contributed by atoms with Crippen LogP contribution in [0.5, 0.6) is 0 Å². The summed E-state index contributed by atoms with van der Waals surface area (Å²) in [7, 11) is 0. The fourth-order valence-corrected chi connectivity index (χ4v) is 14.4. The van der Waals surface area contributed by atoms with Crippen LogP contribution in [0, 0.1) is 46.3 Å². The largest absolute Gasteiger partial charge is 0.462 e. The van der Waals surface area contributed by atoms with Crippen molar-refractivity contribution in [3.63, 3.8) is 0 Å². The summed E-state index contributed by atoms with van der Waals surface area (Å²) in [6, 6.07) is 0. The van der Waals surface area contributed by atoms with Crippen molar-refractivity contribution in [2.24, 2.45) is 46.3 Å². The van der Waals surface area contributed by atoms with Crippen LogP contribution in [0.3, 0.4) is 0 Å². The van der Waals surface area contributed by atoms with Crippen molar-refractivity contribution in [3.05, 3.63) is 84.6 Å². The van der Waals surface area contributed by atoms with Crippen LogP contribution < -0.4 is 0 Å². The molecule has 0 saturated heterocycles. The molecule has 0 heterocycles. The first-order valence-electron chi connectivity index (χ1n) is 31.5. The predicted octanol–water partition coefficient (Wildman–Crippen LogP) is 22.2. The Kier molecular flexibility index (Phi) is 32.2. The summed E-state index contributed by atoms with van der Waals surface area (Å²) in [5.74, 6) is 5.31. The first-order chi connectivity index (χ1) is 34.7. The van der Waals surface area contributed by atoms with Crippen molar-refractivity contribution < 1.29 is 9.53 Å². The molecular weight excluding hydrogens is 861 g/mol. The summed E-state index contributed by atoms with van der Waals surface area (Å²) in [6.45, 7) is 14.9. The van der Waals surface area contributed by atoms with Gasteiger partial charge in [0.05, 0.1) is 0 Å². The monoisotopic (exact) mass is 977 g/mol. The molecule has 71 heavy (non-hydrogen) atoms. The summed E-state index contributed by atoms with van der Waals surface area (Å²) >= 11 is 0. The number of ether oxygens (including phenoxy) is 1. The van der Waals surface area contributed by atoms with Gasteiger partial charge in [0, 0.05) is 12.8 Å². The number of allylic oxidation sites excluding steroid dienone is 13. The van der Waals surface area contributed by atoms with Crippen molar-refractivity contribution in [1.29, 1.82) is 0 Å². The molecule has 404 valence electrons. The molecule has 3 saturated carbocycles. The Morgan fingerprint density at radius 3 is 1.54 bits per heavy atom. The van der Waals surface area contributed by atoms with Crippen LogP contribution in [0.15, 0.2) is 84.6 Å². The van der Waals surface area contributed by atoms with Gasteiger partial charge >= 0.3 is 5.97 Å². The molecule has 0 amide bonds. The third-order valence-corrected chi connectivity index (χ3v) is 18.7. The van der Waals surface area contributed by atoms with E-state index in [0.717, 1.165) is 93.3 Å². The summed E-state index contributed by atoms with van der Waals surface area (Å²) < 4.78 is 6.19. The Labute approximate surface area is 442 Å². The number of carbonyl (C=O) groups is 1. The van der Waals surface area contributed by atoms with Crippen LogP contribution in [-0.2, 0) is 9.53 Å². The molecule has 0 N–H and O–H groups in total. The maximum atomic E-state index is 13.0. The zero-order chi connectivity index (χ0) is 50.7. The number of hydrogen-bond donors (Lipinski definition) is 0. The molecular formula is C69H116O2. The summed E-state index contributed by atoms with van der Waals surface area (Å²) in [4.78, 5) is 13.0.